The molecule has 1 aliphatic heterocycles. The van der Waals surface area contributed by atoms with Gasteiger partial charge in [0.15, 0.2) is 5.82 Å². The molecule has 1 aromatic carbocycles. The van der Waals surface area contributed by atoms with Crippen molar-refractivity contribution in [3.05, 3.63) is 79.8 Å². The Morgan fingerprint density at radius 3 is 2.61 bits per heavy atom. The molecule has 10 heteroatoms. The van der Waals surface area contributed by atoms with Crippen molar-refractivity contribution in [2.75, 3.05) is 18.0 Å². The highest BCUT2D eigenvalue weighted by Gasteiger charge is 2.32. The monoisotopic (exact) mass is 450 g/mol. The number of halogens is 4. The van der Waals surface area contributed by atoms with Crippen LogP contribution in [-0.2, 0) is 12.7 Å². The minimum Gasteiger partial charge on any atom is -0.351 e. The third-order valence-corrected chi connectivity index (χ3v) is 6.17. The van der Waals surface area contributed by atoms with Crippen LogP contribution in [0.4, 0.5) is 23.4 Å². The summed E-state index contributed by atoms with van der Waals surface area (Å²) in [6.07, 6.45) is -0.244. The summed E-state index contributed by atoms with van der Waals surface area (Å²) < 4.78 is 52.6. The van der Waals surface area contributed by atoms with Gasteiger partial charge >= 0.3 is 11.9 Å². The normalized spacial score (nSPS) is 14.6. The molecule has 0 spiro atoms. The average molecular weight is 450 g/mol. The zero-order valence-corrected chi connectivity index (χ0v) is 17.3. The maximum atomic E-state index is 13.3. The average Bonchev–Trinajstić information content (AvgIpc) is 3.19. The molecule has 0 aliphatic carbocycles. The Labute approximate surface area is 179 Å². The molecule has 2 aromatic heterocycles. The summed E-state index contributed by atoms with van der Waals surface area (Å²) in [6.45, 7) is 2.92. The smallest absolute Gasteiger partial charge is 0.351 e. The molecule has 0 atom stereocenters. The summed E-state index contributed by atoms with van der Waals surface area (Å²) in [7, 11) is 0. The minimum atomic E-state index is -4.41. The van der Waals surface area contributed by atoms with Gasteiger partial charge in [-0.25, -0.2) is 13.9 Å². The first-order chi connectivity index (χ1) is 14.7. The van der Waals surface area contributed by atoms with Gasteiger partial charge in [0.05, 0.1) is 12.7 Å². The summed E-state index contributed by atoms with van der Waals surface area (Å²) in [5.74, 6) is 0.141. The maximum absolute atomic E-state index is 13.3. The summed E-state index contributed by atoms with van der Waals surface area (Å²) in [5, 5.41) is 4.08. The first-order valence-corrected chi connectivity index (χ1v) is 10.3. The van der Waals surface area contributed by atoms with Gasteiger partial charge in [0.25, 0.3) is 0 Å². The van der Waals surface area contributed by atoms with Crippen molar-refractivity contribution >= 4 is 22.7 Å². The topological polar surface area (TPSA) is 51.0 Å². The molecule has 0 saturated heterocycles. The molecular weight excluding hydrogens is 432 g/mol. The standard InChI is InChI=1S/C21H18F4N4OS/c1-13-10-15(22)2-4-17(13)14-6-8-28(9-7-14)19-11-26-29(20(30)27-19)12-16-3-5-18(31-16)21(23,24)25/h2-6,10-11H,7-9,12H2,1H3. The van der Waals surface area contributed by atoms with E-state index in [1.165, 1.54) is 24.4 Å². The SMILES string of the molecule is Cc1cc(F)ccc1C1=CCN(c2cnn(Cc3ccc(C(F)(F)F)s3)c(=O)n2)CC1. The zero-order valence-electron chi connectivity index (χ0n) is 16.5. The van der Waals surface area contributed by atoms with Crippen LogP contribution in [0.15, 0.2) is 47.4 Å². The van der Waals surface area contributed by atoms with Crippen molar-refractivity contribution in [1.29, 1.82) is 0 Å². The van der Waals surface area contributed by atoms with Gasteiger partial charge in [-0.1, -0.05) is 12.1 Å². The first-order valence-electron chi connectivity index (χ1n) is 9.51. The number of alkyl halides is 3. The number of rotatable bonds is 4. The largest absolute Gasteiger partial charge is 0.425 e. The van der Waals surface area contributed by atoms with E-state index in [0.717, 1.165) is 27.4 Å². The minimum absolute atomic E-state index is 0.0687. The van der Waals surface area contributed by atoms with E-state index < -0.39 is 16.7 Å². The van der Waals surface area contributed by atoms with E-state index in [-0.39, 0.29) is 12.4 Å². The number of hydrogen-bond donors (Lipinski definition) is 0. The maximum Gasteiger partial charge on any atom is 0.425 e. The van der Waals surface area contributed by atoms with Crippen LogP contribution < -0.4 is 10.6 Å². The Balaban J connectivity index is 1.47. The Hall–Kier alpha value is -3.01. The van der Waals surface area contributed by atoms with E-state index in [9.17, 15) is 22.4 Å². The van der Waals surface area contributed by atoms with Crippen LogP contribution in [-0.4, -0.2) is 27.9 Å². The second-order valence-electron chi connectivity index (χ2n) is 7.20. The molecule has 0 unspecified atom stereocenters. The van der Waals surface area contributed by atoms with Crippen molar-refractivity contribution in [2.24, 2.45) is 0 Å². The molecule has 3 aromatic rings. The van der Waals surface area contributed by atoms with Crippen molar-refractivity contribution in [3.63, 3.8) is 0 Å². The first kappa shape index (κ1) is 21.2. The van der Waals surface area contributed by atoms with Crippen molar-refractivity contribution in [2.45, 2.75) is 26.1 Å². The van der Waals surface area contributed by atoms with Gasteiger partial charge in [-0.3, -0.25) is 0 Å². The van der Waals surface area contributed by atoms with Gasteiger partial charge in [-0.15, -0.1) is 11.3 Å². The lowest BCUT2D eigenvalue weighted by Crippen LogP contribution is -2.33. The summed E-state index contributed by atoms with van der Waals surface area (Å²) in [6, 6.07) is 7.03. The molecule has 5 nitrogen and oxygen atoms in total. The highest BCUT2D eigenvalue weighted by molar-refractivity contribution is 7.12. The number of aromatic nitrogens is 3. The van der Waals surface area contributed by atoms with E-state index in [2.05, 4.69) is 10.1 Å². The second kappa shape index (κ2) is 8.26. The van der Waals surface area contributed by atoms with E-state index in [1.807, 2.05) is 17.9 Å². The summed E-state index contributed by atoms with van der Waals surface area (Å²) in [4.78, 5) is 18.0. The van der Waals surface area contributed by atoms with Crippen molar-refractivity contribution < 1.29 is 17.6 Å². The fourth-order valence-electron chi connectivity index (χ4n) is 3.49. The van der Waals surface area contributed by atoms with E-state index in [1.54, 1.807) is 6.07 Å². The summed E-state index contributed by atoms with van der Waals surface area (Å²) >= 11 is 0.582. The number of benzene rings is 1. The molecule has 1 aliphatic rings. The van der Waals surface area contributed by atoms with Gasteiger partial charge in [0.2, 0.25) is 0 Å². The summed E-state index contributed by atoms with van der Waals surface area (Å²) in [5.41, 5.74) is 2.35. The quantitative estimate of drug-likeness (QED) is 0.549. The van der Waals surface area contributed by atoms with Crippen molar-refractivity contribution in [3.8, 4) is 0 Å². The van der Waals surface area contributed by atoms with Crippen LogP contribution in [0.1, 0.15) is 27.3 Å². The van der Waals surface area contributed by atoms with Crippen LogP contribution in [0.5, 0.6) is 0 Å². The van der Waals surface area contributed by atoms with Gasteiger partial charge in [-0.2, -0.15) is 23.3 Å². The van der Waals surface area contributed by atoms with Gasteiger partial charge in [0, 0.05) is 18.0 Å². The molecule has 0 radical (unpaired) electrons. The highest BCUT2D eigenvalue weighted by atomic mass is 32.1. The lowest BCUT2D eigenvalue weighted by molar-refractivity contribution is -0.134. The predicted molar refractivity (Wildman–Crippen MR) is 111 cm³/mol. The van der Waals surface area contributed by atoms with E-state index >= 15 is 0 Å². The molecule has 162 valence electrons. The molecule has 0 fully saturated rings. The predicted octanol–water partition coefficient (Wildman–Crippen LogP) is 4.51. The molecule has 0 N–H and O–H groups in total. The fraction of sp³-hybridized carbons (Fsp3) is 0.286. The Bertz CT molecular complexity index is 1200. The second-order valence-corrected chi connectivity index (χ2v) is 8.37. The van der Waals surface area contributed by atoms with Gasteiger partial charge in [-0.05, 0) is 54.3 Å². The van der Waals surface area contributed by atoms with E-state index in [0.29, 0.717) is 41.5 Å². The van der Waals surface area contributed by atoms with Crippen LogP contribution in [0.25, 0.3) is 5.57 Å². The molecule has 31 heavy (non-hydrogen) atoms. The van der Waals surface area contributed by atoms with Crippen LogP contribution >= 0.6 is 11.3 Å². The van der Waals surface area contributed by atoms with Crippen LogP contribution in [0.2, 0.25) is 0 Å². The van der Waals surface area contributed by atoms with E-state index in [4.69, 9.17) is 0 Å². The number of thiophene rings is 1. The Kier molecular flexibility index (Phi) is 5.65. The molecule has 0 bridgehead atoms. The molecule has 4 rings (SSSR count). The lowest BCUT2D eigenvalue weighted by Gasteiger charge is -2.27. The third-order valence-electron chi connectivity index (χ3n) is 5.06. The lowest BCUT2D eigenvalue weighted by atomic mass is 9.95. The molecular formula is C21H18F4N4OS. The van der Waals surface area contributed by atoms with Crippen LogP contribution in [0, 0.1) is 12.7 Å². The van der Waals surface area contributed by atoms with Crippen LogP contribution in [0.3, 0.4) is 0 Å². The number of nitrogens with zero attached hydrogens (tertiary/aromatic N) is 4. The van der Waals surface area contributed by atoms with Gasteiger partial charge < -0.3 is 4.90 Å². The Morgan fingerprint density at radius 2 is 2.00 bits per heavy atom. The Morgan fingerprint density at radius 1 is 1.19 bits per heavy atom. The fourth-order valence-corrected chi connectivity index (χ4v) is 4.35. The molecule has 0 amide bonds. The third kappa shape index (κ3) is 4.68. The molecule has 0 saturated carbocycles. The van der Waals surface area contributed by atoms with Gasteiger partial charge in [0.1, 0.15) is 10.7 Å². The number of anilines is 1. The number of aryl methyl sites for hydroxylation is 1. The zero-order chi connectivity index (χ0) is 22.2. The molecule has 3 heterocycles. The highest BCUT2D eigenvalue weighted by Crippen LogP contribution is 2.34. The number of hydrogen-bond acceptors (Lipinski definition) is 5. The van der Waals surface area contributed by atoms with Crippen molar-refractivity contribution in [1.82, 2.24) is 14.8 Å².